The number of nitro benzene ring substituents is 1. The fraction of sp³-hybridized carbons (Fsp3) is 0.167. The highest BCUT2D eigenvalue weighted by atomic mass is 16.6. The predicted molar refractivity (Wildman–Crippen MR) is 71.8 cm³/mol. The van der Waals surface area contributed by atoms with Crippen LogP contribution in [0, 0.1) is 10.1 Å². The van der Waals surface area contributed by atoms with Crippen molar-refractivity contribution in [2.45, 2.75) is 13.1 Å². The first kappa shape index (κ1) is 13.5. The van der Waals surface area contributed by atoms with Crippen molar-refractivity contribution in [1.29, 1.82) is 0 Å². The summed E-state index contributed by atoms with van der Waals surface area (Å²) in [5.74, 6) is -0.488. The Morgan fingerprint density at radius 2 is 2.20 bits per heavy atom. The van der Waals surface area contributed by atoms with Crippen LogP contribution in [0.15, 0.2) is 36.7 Å². The smallest absolute Gasteiger partial charge is 0.274 e. The van der Waals surface area contributed by atoms with E-state index < -0.39 is 10.8 Å². The lowest BCUT2D eigenvalue weighted by atomic mass is 10.2. The number of benzene rings is 1. The third-order valence-electron chi connectivity index (χ3n) is 2.62. The van der Waals surface area contributed by atoms with Gasteiger partial charge in [0, 0.05) is 24.4 Å². The molecule has 0 radical (unpaired) electrons. The molecule has 0 aliphatic carbocycles. The van der Waals surface area contributed by atoms with Crippen molar-refractivity contribution in [3.05, 3.63) is 52.3 Å². The van der Waals surface area contributed by atoms with E-state index >= 15 is 0 Å². The van der Waals surface area contributed by atoms with Crippen LogP contribution in [0.2, 0.25) is 0 Å². The van der Waals surface area contributed by atoms with Crippen LogP contribution in [0.1, 0.15) is 5.56 Å². The lowest BCUT2D eigenvalue weighted by Crippen LogP contribution is -2.18. The quantitative estimate of drug-likeness (QED) is 0.599. The number of nitrogens with one attached hydrogen (secondary N) is 1. The van der Waals surface area contributed by atoms with Gasteiger partial charge >= 0.3 is 0 Å². The maximum absolute atomic E-state index is 10.9. The average Bonchev–Trinajstić information content (AvgIpc) is 2.83. The summed E-state index contributed by atoms with van der Waals surface area (Å²) in [5, 5.41) is 17.8. The normalized spacial score (nSPS) is 10.2. The zero-order valence-electron chi connectivity index (χ0n) is 10.5. The van der Waals surface area contributed by atoms with E-state index in [0.29, 0.717) is 17.8 Å². The van der Waals surface area contributed by atoms with Gasteiger partial charge in [-0.05, 0) is 0 Å². The minimum Gasteiger partial charge on any atom is -0.378 e. The van der Waals surface area contributed by atoms with Gasteiger partial charge in [0.2, 0.25) is 5.91 Å². The number of carbonyl (C=O) groups is 1. The lowest BCUT2D eigenvalue weighted by molar-refractivity contribution is -0.385. The number of primary amides is 1. The molecular formula is C12H13N5O3. The van der Waals surface area contributed by atoms with E-state index in [1.165, 1.54) is 16.9 Å². The first-order chi connectivity index (χ1) is 9.56. The van der Waals surface area contributed by atoms with Crippen molar-refractivity contribution in [2.75, 3.05) is 5.32 Å². The Labute approximate surface area is 114 Å². The molecule has 1 aromatic heterocycles. The number of nitrogens with two attached hydrogens (primary N) is 1. The summed E-state index contributed by atoms with van der Waals surface area (Å²) in [6, 6.07) is 6.49. The van der Waals surface area contributed by atoms with Crippen molar-refractivity contribution in [3.8, 4) is 0 Å². The number of carbonyl (C=O) groups excluding carboxylic acids is 1. The molecule has 3 N–H and O–H groups in total. The molecule has 0 saturated carbocycles. The van der Waals surface area contributed by atoms with Crippen molar-refractivity contribution >= 4 is 17.3 Å². The first-order valence-electron chi connectivity index (χ1n) is 5.83. The van der Waals surface area contributed by atoms with E-state index in [4.69, 9.17) is 5.73 Å². The second kappa shape index (κ2) is 5.83. The van der Waals surface area contributed by atoms with Crippen LogP contribution < -0.4 is 11.1 Å². The van der Waals surface area contributed by atoms with E-state index in [9.17, 15) is 14.9 Å². The average molecular weight is 275 g/mol. The third-order valence-corrected chi connectivity index (χ3v) is 2.62. The Bertz CT molecular complexity index is 638. The minimum atomic E-state index is -0.488. The Morgan fingerprint density at radius 1 is 1.45 bits per heavy atom. The topological polar surface area (TPSA) is 116 Å². The fourth-order valence-electron chi connectivity index (χ4n) is 1.74. The largest absolute Gasteiger partial charge is 0.378 e. The summed E-state index contributed by atoms with van der Waals surface area (Å²) < 4.78 is 1.39. The Balaban J connectivity index is 2.04. The number of para-hydroxylation sites is 1. The number of nitrogens with zero attached hydrogens (tertiary/aromatic N) is 3. The molecule has 0 saturated heterocycles. The number of hydrogen-bond donors (Lipinski definition) is 2. The van der Waals surface area contributed by atoms with Gasteiger partial charge in [0.25, 0.3) is 5.69 Å². The summed E-state index contributed by atoms with van der Waals surface area (Å²) in [5.41, 5.74) is 6.34. The van der Waals surface area contributed by atoms with Gasteiger partial charge in [0.1, 0.15) is 6.54 Å². The van der Waals surface area contributed by atoms with E-state index in [0.717, 1.165) is 0 Å². The highest BCUT2D eigenvalue weighted by Gasteiger charge is 2.12. The molecule has 8 heteroatoms. The van der Waals surface area contributed by atoms with Gasteiger partial charge in [-0.2, -0.15) is 5.10 Å². The monoisotopic (exact) mass is 275 g/mol. The zero-order valence-corrected chi connectivity index (χ0v) is 10.5. The molecule has 20 heavy (non-hydrogen) atoms. The molecule has 0 atom stereocenters. The van der Waals surface area contributed by atoms with Gasteiger partial charge in [0.05, 0.1) is 16.8 Å². The maximum Gasteiger partial charge on any atom is 0.274 e. The molecular weight excluding hydrogens is 262 g/mol. The van der Waals surface area contributed by atoms with Crippen LogP contribution in [-0.2, 0) is 17.9 Å². The van der Waals surface area contributed by atoms with Crippen LogP contribution in [0.4, 0.5) is 11.4 Å². The number of hydrogen-bond acceptors (Lipinski definition) is 5. The molecule has 0 aliphatic heterocycles. The molecule has 0 spiro atoms. The summed E-state index contributed by atoms with van der Waals surface area (Å²) in [6.07, 6.45) is 3.14. The van der Waals surface area contributed by atoms with Gasteiger partial charge in [0.15, 0.2) is 0 Å². The van der Waals surface area contributed by atoms with Crippen molar-refractivity contribution in [3.63, 3.8) is 0 Å². The van der Waals surface area contributed by atoms with Gasteiger partial charge in [-0.1, -0.05) is 18.2 Å². The second-order valence-electron chi connectivity index (χ2n) is 4.13. The molecule has 2 rings (SSSR count). The highest BCUT2D eigenvalue weighted by Crippen LogP contribution is 2.18. The molecule has 0 aliphatic rings. The number of anilines is 1. The molecule has 1 heterocycles. The Hall–Kier alpha value is -2.90. The molecule has 2 aromatic rings. The summed E-state index contributed by atoms with van der Waals surface area (Å²) in [7, 11) is 0. The van der Waals surface area contributed by atoms with Gasteiger partial charge < -0.3 is 11.1 Å². The van der Waals surface area contributed by atoms with E-state index in [-0.39, 0.29) is 12.2 Å². The van der Waals surface area contributed by atoms with Crippen LogP contribution in [0.3, 0.4) is 0 Å². The van der Waals surface area contributed by atoms with Crippen molar-refractivity contribution in [1.82, 2.24) is 9.78 Å². The molecule has 0 unspecified atom stereocenters. The van der Waals surface area contributed by atoms with E-state index in [2.05, 4.69) is 10.4 Å². The molecule has 104 valence electrons. The molecule has 1 amide bonds. The molecule has 8 nitrogen and oxygen atoms in total. The van der Waals surface area contributed by atoms with Crippen LogP contribution in [0.25, 0.3) is 0 Å². The van der Waals surface area contributed by atoms with E-state index in [1.54, 1.807) is 24.4 Å². The third kappa shape index (κ3) is 3.31. The number of amides is 1. The molecule has 0 bridgehead atoms. The Morgan fingerprint density at radius 3 is 2.90 bits per heavy atom. The van der Waals surface area contributed by atoms with Gasteiger partial charge in [-0.25, -0.2) is 0 Å². The summed E-state index contributed by atoms with van der Waals surface area (Å²) in [6.45, 7) is 0.284. The highest BCUT2D eigenvalue weighted by molar-refractivity contribution is 5.73. The SMILES string of the molecule is NC(=O)Cn1cc(NCc2ccccc2[N+](=O)[O-])cn1. The summed E-state index contributed by atoms with van der Waals surface area (Å²) in [4.78, 5) is 21.2. The predicted octanol–water partition coefficient (Wildman–Crippen LogP) is 0.889. The van der Waals surface area contributed by atoms with Crippen molar-refractivity contribution in [2.24, 2.45) is 5.73 Å². The van der Waals surface area contributed by atoms with Crippen LogP contribution >= 0.6 is 0 Å². The summed E-state index contributed by atoms with van der Waals surface area (Å²) >= 11 is 0. The zero-order chi connectivity index (χ0) is 14.5. The standard InChI is InChI=1S/C12H13N5O3/c13-12(18)8-16-7-10(6-15-16)14-5-9-3-1-2-4-11(9)17(19)20/h1-4,6-7,14H,5,8H2,(H2,13,18). The molecule has 0 fully saturated rings. The van der Waals surface area contributed by atoms with Crippen molar-refractivity contribution < 1.29 is 9.72 Å². The maximum atomic E-state index is 10.9. The van der Waals surface area contributed by atoms with Gasteiger partial charge in [-0.15, -0.1) is 0 Å². The number of aromatic nitrogens is 2. The van der Waals surface area contributed by atoms with Crippen LogP contribution in [-0.4, -0.2) is 20.6 Å². The lowest BCUT2D eigenvalue weighted by Gasteiger charge is -2.04. The number of nitro groups is 1. The first-order valence-corrected chi connectivity index (χ1v) is 5.83. The van der Waals surface area contributed by atoms with E-state index in [1.807, 2.05) is 0 Å². The fourth-order valence-corrected chi connectivity index (χ4v) is 1.74. The minimum absolute atomic E-state index is 0.00678. The molecule has 1 aromatic carbocycles. The number of rotatable bonds is 6. The van der Waals surface area contributed by atoms with Gasteiger partial charge in [-0.3, -0.25) is 19.6 Å². The second-order valence-corrected chi connectivity index (χ2v) is 4.13. The Kier molecular flexibility index (Phi) is 3.94. The van der Waals surface area contributed by atoms with Crippen LogP contribution in [0.5, 0.6) is 0 Å².